The zero-order chi connectivity index (χ0) is 17.2. The van der Waals surface area contributed by atoms with Crippen molar-refractivity contribution in [2.45, 2.75) is 25.9 Å². The first kappa shape index (κ1) is 15.9. The van der Waals surface area contributed by atoms with Crippen molar-refractivity contribution in [3.8, 4) is 0 Å². The van der Waals surface area contributed by atoms with Crippen LogP contribution in [0.1, 0.15) is 35.9 Å². The van der Waals surface area contributed by atoms with Gasteiger partial charge in [-0.15, -0.1) is 11.3 Å². The van der Waals surface area contributed by atoms with E-state index >= 15 is 0 Å². The van der Waals surface area contributed by atoms with E-state index in [2.05, 4.69) is 20.4 Å². The fraction of sp³-hybridized carbons (Fsp3) is 0.235. The molecule has 1 N–H and O–H groups in total. The van der Waals surface area contributed by atoms with Crippen LogP contribution < -0.4 is 5.32 Å². The number of nitrogens with one attached hydrogen (secondary N) is 1. The number of benzene rings is 1. The molecule has 1 aromatic carbocycles. The molecule has 0 aliphatic heterocycles. The monoisotopic (exact) mass is 357 g/mol. The number of thiazole rings is 1. The molecule has 128 valence electrons. The molecule has 0 amide bonds. The maximum atomic E-state index is 13.7. The Labute approximate surface area is 147 Å². The Hall–Kier alpha value is -2.58. The number of fused-ring (bicyclic) bond motifs is 1. The molecular weight excluding hydrogens is 341 g/mol. The van der Waals surface area contributed by atoms with Gasteiger partial charge in [0.1, 0.15) is 5.82 Å². The second kappa shape index (κ2) is 6.73. The summed E-state index contributed by atoms with van der Waals surface area (Å²) in [5, 5.41) is 9.23. The van der Waals surface area contributed by atoms with Gasteiger partial charge in [-0.2, -0.15) is 4.98 Å². The zero-order valence-electron chi connectivity index (χ0n) is 13.5. The first-order valence-electron chi connectivity index (χ1n) is 7.89. The molecule has 25 heavy (non-hydrogen) atoms. The Morgan fingerprint density at radius 2 is 2.20 bits per heavy atom. The largest absolute Gasteiger partial charge is 0.338 e. The highest BCUT2D eigenvalue weighted by molar-refractivity contribution is 7.15. The predicted molar refractivity (Wildman–Crippen MR) is 91.8 cm³/mol. The summed E-state index contributed by atoms with van der Waals surface area (Å²) in [5.74, 6) is 0.677. The summed E-state index contributed by atoms with van der Waals surface area (Å²) in [6.45, 7) is 2.46. The predicted octanol–water partition coefficient (Wildman–Crippen LogP) is 3.36. The Morgan fingerprint density at radius 3 is 3.04 bits per heavy atom. The van der Waals surface area contributed by atoms with Crippen molar-refractivity contribution in [3.05, 3.63) is 70.8 Å². The number of hydrogen-bond donors (Lipinski definition) is 1. The molecule has 0 aliphatic carbocycles. The summed E-state index contributed by atoms with van der Waals surface area (Å²) in [6.07, 6.45) is 4.29. The van der Waals surface area contributed by atoms with E-state index in [-0.39, 0.29) is 11.9 Å². The van der Waals surface area contributed by atoms with Gasteiger partial charge in [0.2, 0.25) is 5.89 Å². The number of imidazole rings is 1. The minimum Gasteiger partial charge on any atom is -0.338 e. The van der Waals surface area contributed by atoms with E-state index in [0.29, 0.717) is 30.2 Å². The van der Waals surface area contributed by atoms with Crippen molar-refractivity contribution in [1.29, 1.82) is 0 Å². The van der Waals surface area contributed by atoms with Crippen molar-refractivity contribution < 1.29 is 8.91 Å². The van der Waals surface area contributed by atoms with Gasteiger partial charge in [-0.1, -0.05) is 23.4 Å². The topological polar surface area (TPSA) is 68.2 Å². The van der Waals surface area contributed by atoms with E-state index < -0.39 is 0 Å². The third kappa shape index (κ3) is 3.45. The van der Waals surface area contributed by atoms with Crippen LogP contribution in [0.25, 0.3) is 4.96 Å². The Bertz CT molecular complexity index is 963. The fourth-order valence-corrected chi connectivity index (χ4v) is 3.25. The summed E-state index contributed by atoms with van der Waals surface area (Å²) in [7, 11) is 0. The second-order valence-electron chi connectivity index (χ2n) is 5.73. The van der Waals surface area contributed by atoms with Crippen LogP contribution in [0.15, 0.2) is 46.6 Å². The quantitative estimate of drug-likeness (QED) is 0.573. The van der Waals surface area contributed by atoms with E-state index in [0.717, 1.165) is 10.7 Å². The highest BCUT2D eigenvalue weighted by atomic mass is 32.1. The van der Waals surface area contributed by atoms with Gasteiger partial charge in [0.15, 0.2) is 10.8 Å². The summed E-state index contributed by atoms with van der Waals surface area (Å²) in [5.41, 5.74) is 1.51. The van der Waals surface area contributed by atoms with Gasteiger partial charge in [-0.05, 0) is 18.6 Å². The summed E-state index contributed by atoms with van der Waals surface area (Å²) >= 11 is 1.60. The lowest BCUT2D eigenvalue weighted by Gasteiger charge is -2.08. The Kier molecular flexibility index (Phi) is 4.29. The van der Waals surface area contributed by atoms with Crippen LogP contribution in [0.3, 0.4) is 0 Å². The lowest BCUT2D eigenvalue weighted by Crippen LogP contribution is -2.18. The molecule has 0 radical (unpaired) electrons. The maximum Gasteiger partial charge on any atom is 0.240 e. The van der Waals surface area contributed by atoms with Crippen LogP contribution in [-0.2, 0) is 13.0 Å². The summed E-state index contributed by atoms with van der Waals surface area (Å²) in [4.78, 5) is 9.85. The number of rotatable bonds is 6. The van der Waals surface area contributed by atoms with E-state index in [4.69, 9.17) is 4.52 Å². The number of nitrogens with zero attached hydrogens (tertiary/aromatic N) is 4. The van der Waals surface area contributed by atoms with Gasteiger partial charge >= 0.3 is 0 Å². The van der Waals surface area contributed by atoms with Crippen LogP contribution in [0, 0.1) is 5.82 Å². The minimum absolute atomic E-state index is 0.0500. The molecule has 0 saturated heterocycles. The summed E-state index contributed by atoms with van der Waals surface area (Å²) < 4.78 is 20.9. The standard InChI is InChI=1S/C17H16FN5OS/c1-11(14-10-23-6-7-25-17(23)20-14)19-9-16-21-15(22-24-16)8-12-4-2-3-5-13(12)18/h2-7,10-11,19H,8-9H2,1H3/t11-/m0/s1. The van der Waals surface area contributed by atoms with Crippen LogP contribution in [0.5, 0.6) is 0 Å². The summed E-state index contributed by atoms with van der Waals surface area (Å²) in [6, 6.07) is 6.64. The number of aromatic nitrogens is 4. The van der Waals surface area contributed by atoms with Gasteiger partial charge in [0.05, 0.1) is 12.2 Å². The normalized spacial score (nSPS) is 12.7. The molecule has 3 heterocycles. The minimum atomic E-state index is -0.264. The molecule has 6 nitrogen and oxygen atoms in total. The van der Waals surface area contributed by atoms with Gasteiger partial charge in [-0.25, -0.2) is 9.37 Å². The van der Waals surface area contributed by atoms with Crippen LogP contribution in [-0.4, -0.2) is 19.5 Å². The van der Waals surface area contributed by atoms with Gasteiger partial charge in [0, 0.05) is 30.2 Å². The molecular formula is C17H16FN5OS. The smallest absolute Gasteiger partial charge is 0.240 e. The van der Waals surface area contributed by atoms with Gasteiger partial charge in [-0.3, -0.25) is 4.40 Å². The van der Waals surface area contributed by atoms with Crippen molar-refractivity contribution in [3.63, 3.8) is 0 Å². The molecule has 8 heteroatoms. The van der Waals surface area contributed by atoms with E-state index in [1.807, 2.05) is 29.1 Å². The fourth-order valence-electron chi connectivity index (χ4n) is 2.55. The average Bonchev–Trinajstić information content (AvgIpc) is 3.30. The third-order valence-electron chi connectivity index (χ3n) is 3.93. The molecule has 1 atom stereocenters. The highest BCUT2D eigenvalue weighted by Gasteiger charge is 2.13. The molecule has 0 aliphatic rings. The maximum absolute atomic E-state index is 13.7. The first-order valence-corrected chi connectivity index (χ1v) is 8.77. The molecule has 4 aromatic rings. The molecule has 4 rings (SSSR count). The van der Waals surface area contributed by atoms with Crippen LogP contribution in [0.4, 0.5) is 4.39 Å². The third-order valence-corrected chi connectivity index (χ3v) is 4.70. The number of halogens is 1. The van der Waals surface area contributed by atoms with Crippen molar-refractivity contribution >= 4 is 16.3 Å². The Morgan fingerprint density at radius 1 is 1.32 bits per heavy atom. The first-order chi connectivity index (χ1) is 12.2. The van der Waals surface area contributed by atoms with Gasteiger partial charge in [0.25, 0.3) is 0 Å². The molecule has 0 fully saturated rings. The van der Waals surface area contributed by atoms with Crippen molar-refractivity contribution in [1.82, 2.24) is 24.8 Å². The van der Waals surface area contributed by atoms with E-state index in [1.54, 1.807) is 29.5 Å². The highest BCUT2D eigenvalue weighted by Crippen LogP contribution is 2.17. The number of hydrogen-bond acceptors (Lipinski definition) is 6. The molecule has 0 bridgehead atoms. The second-order valence-corrected chi connectivity index (χ2v) is 6.61. The Balaban J connectivity index is 1.38. The van der Waals surface area contributed by atoms with Gasteiger partial charge < -0.3 is 9.84 Å². The van der Waals surface area contributed by atoms with E-state index in [9.17, 15) is 4.39 Å². The van der Waals surface area contributed by atoms with Crippen LogP contribution in [0.2, 0.25) is 0 Å². The SMILES string of the molecule is C[C@H](NCc1nc(Cc2ccccc2F)no1)c1cn2ccsc2n1. The van der Waals surface area contributed by atoms with Crippen LogP contribution >= 0.6 is 11.3 Å². The van der Waals surface area contributed by atoms with Crippen molar-refractivity contribution in [2.24, 2.45) is 0 Å². The molecule has 3 aromatic heterocycles. The average molecular weight is 357 g/mol. The molecule has 0 saturated carbocycles. The van der Waals surface area contributed by atoms with E-state index in [1.165, 1.54) is 6.07 Å². The molecule has 0 unspecified atom stereocenters. The lowest BCUT2D eigenvalue weighted by atomic mass is 10.1. The molecule has 0 spiro atoms. The van der Waals surface area contributed by atoms with Crippen molar-refractivity contribution in [2.75, 3.05) is 0 Å². The lowest BCUT2D eigenvalue weighted by molar-refractivity contribution is 0.356. The zero-order valence-corrected chi connectivity index (χ0v) is 14.3.